The molecule has 0 radical (unpaired) electrons. The number of anilines is 1. The summed E-state index contributed by atoms with van der Waals surface area (Å²) in [5, 5.41) is 9.10. The molecule has 1 saturated carbocycles. The summed E-state index contributed by atoms with van der Waals surface area (Å²) in [6, 6.07) is 4.04. The van der Waals surface area contributed by atoms with Crippen LogP contribution in [-0.4, -0.2) is 66.3 Å². The quantitative estimate of drug-likeness (QED) is 0.661. The van der Waals surface area contributed by atoms with Crippen molar-refractivity contribution in [1.82, 2.24) is 34.3 Å². The predicted molar refractivity (Wildman–Crippen MR) is 113 cm³/mol. The van der Waals surface area contributed by atoms with Crippen molar-refractivity contribution < 1.29 is 4.79 Å². The highest BCUT2D eigenvalue weighted by Gasteiger charge is 2.33. The number of amides is 1. The van der Waals surface area contributed by atoms with E-state index in [0.29, 0.717) is 30.5 Å². The maximum atomic E-state index is 13.4. The van der Waals surface area contributed by atoms with Gasteiger partial charge in [-0.1, -0.05) is 0 Å². The van der Waals surface area contributed by atoms with Gasteiger partial charge in [-0.2, -0.15) is 19.7 Å². The van der Waals surface area contributed by atoms with E-state index in [4.69, 9.17) is 5.10 Å². The number of aromatic nitrogens is 6. The summed E-state index contributed by atoms with van der Waals surface area (Å²) in [4.78, 5) is 26.2. The van der Waals surface area contributed by atoms with Gasteiger partial charge in [-0.3, -0.25) is 9.48 Å². The molecular formula is C21H28N8O. The molecule has 1 aliphatic carbocycles. The van der Waals surface area contributed by atoms with Gasteiger partial charge >= 0.3 is 0 Å². The highest BCUT2D eigenvalue weighted by molar-refractivity contribution is 5.93. The number of nitrogens with zero attached hydrogens (tertiary/aromatic N) is 8. The molecule has 30 heavy (non-hydrogen) atoms. The number of fused-ring (bicyclic) bond motifs is 1. The number of piperazine rings is 1. The summed E-state index contributed by atoms with van der Waals surface area (Å²) in [5.41, 5.74) is 2.45. The summed E-state index contributed by atoms with van der Waals surface area (Å²) < 4.78 is 3.68. The van der Waals surface area contributed by atoms with Crippen molar-refractivity contribution >= 4 is 17.5 Å². The molecule has 1 amide bonds. The topological polar surface area (TPSA) is 84.5 Å². The standard InChI is InChI=1S/C21H28N8O/c1-14-11-18(28-20(24-14)22-13-23-28)26-7-9-27(10-8-26)19(30)17-12-16(15-5-6-15)25-29(17)21(2,3)4/h11-13,15H,5-10H2,1-4H3. The fourth-order valence-electron chi connectivity index (χ4n) is 4.08. The number of carbonyl (C=O) groups excluding carboxylic acids is 1. The largest absolute Gasteiger partial charge is 0.353 e. The van der Waals surface area contributed by atoms with Gasteiger partial charge in [0.2, 0.25) is 0 Å². The SMILES string of the molecule is Cc1cc(N2CCN(C(=O)c3cc(C4CC4)nn3C(C)(C)C)CC2)n2ncnc2n1. The van der Waals surface area contributed by atoms with E-state index in [0.717, 1.165) is 30.3 Å². The van der Waals surface area contributed by atoms with Gasteiger partial charge in [0.05, 0.1) is 11.2 Å². The molecule has 3 aromatic heterocycles. The van der Waals surface area contributed by atoms with Crippen LogP contribution in [0.5, 0.6) is 0 Å². The first-order chi connectivity index (χ1) is 14.3. The lowest BCUT2D eigenvalue weighted by Gasteiger charge is -2.36. The van der Waals surface area contributed by atoms with Crippen LogP contribution in [0, 0.1) is 6.92 Å². The van der Waals surface area contributed by atoms with E-state index in [-0.39, 0.29) is 11.4 Å². The summed E-state index contributed by atoms with van der Waals surface area (Å²) in [6.45, 7) is 11.0. The molecule has 4 heterocycles. The zero-order chi connectivity index (χ0) is 21.0. The number of carbonyl (C=O) groups is 1. The van der Waals surface area contributed by atoms with Crippen molar-refractivity contribution in [2.75, 3.05) is 31.1 Å². The highest BCUT2D eigenvalue weighted by atomic mass is 16.2. The smallest absolute Gasteiger partial charge is 0.272 e. The molecular weight excluding hydrogens is 380 g/mol. The maximum absolute atomic E-state index is 13.4. The van der Waals surface area contributed by atoms with E-state index >= 15 is 0 Å². The highest BCUT2D eigenvalue weighted by Crippen LogP contribution is 2.40. The molecule has 2 fully saturated rings. The zero-order valence-corrected chi connectivity index (χ0v) is 18.0. The van der Waals surface area contributed by atoms with Crippen LogP contribution < -0.4 is 4.90 Å². The second kappa shape index (κ2) is 6.78. The molecule has 0 atom stereocenters. The Morgan fingerprint density at radius 1 is 1.10 bits per heavy atom. The third-order valence-corrected chi connectivity index (χ3v) is 5.83. The fourth-order valence-corrected chi connectivity index (χ4v) is 4.08. The molecule has 1 saturated heterocycles. The van der Waals surface area contributed by atoms with Crippen LogP contribution >= 0.6 is 0 Å². The normalized spacial score (nSPS) is 17.7. The molecule has 1 aliphatic heterocycles. The van der Waals surface area contributed by atoms with E-state index in [1.165, 1.54) is 19.2 Å². The van der Waals surface area contributed by atoms with Crippen LogP contribution in [0.1, 0.15) is 61.4 Å². The Bertz CT molecular complexity index is 1100. The molecule has 9 heteroatoms. The number of rotatable bonds is 3. The Balaban J connectivity index is 1.36. The van der Waals surface area contributed by atoms with Gasteiger partial charge in [-0.25, -0.2) is 4.98 Å². The third kappa shape index (κ3) is 3.32. The first-order valence-electron chi connectivity index (χ1n) is 10.6. The molecule has 3 aromatic rings. The van der Waals surface area contributed by atoms with Gasteiger partial charge < -0.3 is 9.80 Å². The summed E-state index contributed by atoms with van der Waals surface area (Å²) in [6.07, 6.45) is 3.88. The van der Waals surface area contributed by atoms with E-state index in [2.05, 4.69) is 40.7 Å². The van der Waals surface area contributed by atoms with Crippen LogP contribution in [0.15, 0.2) is 18.5 Å². The van der Waals surface area contributed by atoms with E-state index in [1.807, 2.05) is 28.6 Å². The monoisotopic (exact) mass is 408 g/mol. The first-order valence-corrected chi connectivity index (χ1v) is 10.6. The first kappa shape index (κ1) is 19.0. The molecule has 0 N–H and O–H groups in total. The van der Waals surface area contributed by atoms with Crippen molar-refractivity contribution in [1.29, 1.82) is 0 Å². The Labute approximate surface area is 175 Å². The van der Waals surface area contributed by atoms with Gasteiger partial charge in [0, 0.05) is 43.9 Å². The average molecular weight is 409 g/mol. The zero-order valence-electron chi connectivity index (χ0n) is 18.0. The van der Waals surface area contributed by atoms with E-state index in [9.17, 15) is 4.79 Å². The van der Waals surface area contributed by atoms with Gasteiger partial charge in [0.1, 0.15) is 17.8 Å². The van der Waals surface area contributed by atoms with Gasteiger partial charge in [-0.15, -0.1) is 0 Å². The predicted octanol–water partition coefficient (Wildman–Crippen LogP) is 2.22. The molecule has 5 rings (SSSR count). The van der Waals surface area contributed by atoms with Crippen LogP contribution in [0.4, 0.5) is 5.82 Å². The molecule has 0 aromatic carbocycles. The van der Waals surface area contributed by atoms with Crippen molar-refractivity contribution in [2.24, 2.45) is 0 Å². The van der Waals surface area contributed by atoms with Crippen molar-refractivity contribution in [3.63, 3.8) is 0 Å². The lowest BCUT2D eigenvalue weighted by Crippen LogP contribution is -2.50. The second-order valence-corrected chi connectivity index (χ2v) is 9.32. The van der Waals surface area contributed by atoms with Crippen molar-refractivity contribution in [3.8, 4) is 0 Å². The Morgan fingerprint density at radius 2 is 1.83 bits per heavy atom. The Kier molecular flexibility index (Phi) is 4.30. The molecule has 9 nitrogen and oxygen atoms in total. The van der Waals surface area contributed by atoms with Crippen LogP contribution in [-0.2, 0) is 5.54 Å². The lowest BCUT2D eigenvalue weighted by atomic mass is 10.1. The van der Waals surface area contributed by atoms with E-state index in [1.54, 1.807) is 4.52 Å². The maximum Gasteiger partial charge on any atom is 0.272 e. The number of hydrogen-bond donors (Lipinski definition) is 0. The fraction of sp³-hybridized carbons (Fsp3) is 0.571. The Morgan fingerprint density at radius 3 is 2.50 bits per heavy atom. The summed E-state index contributed by atoms with van der Waals surface area (Å²) in [7, 11) is 0. The molecule has 0 unspecified atom stereocenters. The number of hydrogen-bond acceptors (Lipinski definition) is 6. The minimum Gasteiger partial charge on any atom is -0.353 e. The summed E-state index contributed by atoms with van der Waals surface area (Å²) >= 11 is 0. The third-order valence-electron chi connectivity index (χ3n) is 5.83. The van der Waals surface area contributed by atoms with Crippen LogP contribution in [0.3, 0.4) is 0 Å². The average Bonchev–Trinajstić information content (AvgIpc) is 3.27. The number of aryl methyl sites for hydroxylation is 1. The van der Waals surface area contributed by atoms with Gasteiger partial charge in [-0.05, 0) is 46.6 Å². The summed E-state index contributed by atoms with van der Waals surface area (Å²) in [5.74, 6) is 2.17. The van der Waals surface area contributed by atoms with Crippen molar-refractivity contribution in [3.05, 3.63) is 35.5 Å². The molecule has 158 valence electrons. The molecule has 0 spiro atoms. The minimum atomic E-state index is -0.229. The molecule has 0 bridgehead atoms. The molecule has 2 aliphatic rings. The van der Waals surface area contributed by atoms with E-state index < -0.39 is 0 Å². The Hall–Kier alpha value is -2.97. The second-order valence-electron chi connectivity index (χ2n) is 9.32. The lowest BCUT2D eigenvalue weighted by molar-refractivity contribution is 0.0725. The van der Waals surface area contributed by atoms with Gasteiger partial charge in [0.15, 0.2) is 0 Å². The van der Waals surface area contributed by atoms with Gasteiger partial charge in [0.25, 0.3) is 11.7 Å². The minimum absolute atomic E-state index is 0.0702. The van der Waals surface area contributed by atoms with Crippen molar-refractivity contribution in [2.45, 2.75) is 52.0 Å². The van der Waals surface area contributed by atoms with Crippen LogP contribution in [0.2, 0.25) is 0 Å². The van der Waals surface area contributed by atoms with Crippen LogP contribution in [0.25, 0.3) is 5.78 Å².